The summed E-state index contributed by atoms with van der Waals surface area (Å²) in [5, 5.41) is 0. The van der Waals surface area contributed by atoms with Crippen LogP contribution in [-0.4, -0.2) is 33.2 Å². The summed E-state index contributed by atoms with van der Waals surface area (Å²) in [6.07, 6.45) is 0.892. The molecule has 5 nitrogen and oxygen atoms in total. The number of aromatic nitrogens is 4. The molecule has 0 aliphatic rings. The van der Waals surface area contributed by atoms with Crippen molar-refractivity contribution in [3.8, 4) is 11.4 Å². The van der Waals surface area contributed by atoms with Crippen LogP contribution in [0.25, 0.3) is 33.7 Å². The molecular weight excluding hydrogens is 348 g/mol. The van der Waals surface area contributed by atoms with Crippen molar-refractivity contribution >= 4 is 22.3 Å². The zero-order valence-corrected chi connectivity index (χ0v) is 16.9. The maximum atomic E-state index is 5.25. The Morgan fingerprint density at radius 3 is 2.21 bits per heavy atom. The summed E-state index contributed by atoms with van der Waals surface area (Å²) < 4.78 is 7.42. The van der Waals surface area contributed by atoms with Gasteiger partial charge in [0, 0.05) is 25.8 Å². The molecule has 0 atom stereocenters. The summed E-state index contributed by atoms with van der Waals surface area (Å²) in [6.45, 7) is 8.15. The molecule has 0 aliphatic carbocycles. The molecule has 0 saturated heterocycles. The molecule has 2 heterocycles. The number of hydrogen-bond acceptors (Lipinski definition) is 4. The van der Waals surface area contributed by atoms with E-state index in [2.05, 4.69) is 49.6 Å². The van der Waals surface area contributed by atoms with Crippen molar-refractivity contribution in [2.45, 2.75) is 39.2 Å². The SMILES string of the molecule is COCCCn1c(-c2ccc(C(C)(C)C)cc2)nc2nc3ccccc3nc21. The summed E-state index contributed by atoms with van der Waals surface area (Å²) in [7, 11) is 1.73. The number of methoxy groups -OCH3 is 1. The van der Waals surface area contributed by atoms with E-state index in [0.717, 1.165) is 41.0 Å². The second kappa shape index (κ2) is 7.32. The summed E-state index contributed by atoms with van der Waals surface area (Å²) in [6, 6.07) is 16.6. The largest absolute Gasteiger partial charge is 0.385 e. The van der Waals surface area contributed by atoms with Gasteiger partial charge in [0.25, 0.3) is 0 Å². The Labute approximate surface area is 165 Å². The second-order valence-corrected chi connectivity index (χ2v) is 8.12. The number of imidazole rings is 1. The monoisotopic (exact) mass is 374 g/mol. The maximum absolute atomic E-state index is 5.25. The third kappa shape index (κ3) is 3.50. The van der Waals surface area contributed by atoms with Crippen LogP contribution in [0.4, 0.5) is 0 Å². The van der Waals surface area contributed by atoms with Gasteiger partial charge in [-0.3, -0.25) is 0 Å². The van der Waals surface area contributed by atoms with Gasteiger partial charge in [-0.15, -0.1) is 0 Å². The van der Waals surface area contributed by atoms with E-state index < -0.39 is 0 Å². The number of hydrogen-bond donors (Lipinski definition) is 0. The van der Waals surface area contributed by atoms with Crippen LogP contribution in [0.5, 0.6) is 0 Å². The Bertz CT molecular complexity index is 1110. The van der Waals surface area contributed by atoms with E-state index in [9.17, 15) is 0 Å². The summed E-state index contributed by atoms with van der Waals surface area (Å²) in [5.74, 6) is 0.905. The Kier molecular flexibility index (Phi) is 4.85. The van der Waals surface area contributed by atoms with Gasteiger partial charge < -0.3 is 9.30 Å². The van der Waals surface area contributed by atoms with E-state index in [0.29, 0.717) is 12.3 Å². The average Bonchev–Trinajstić information content (AvgIpc) is 3.03. The molecule has 0 spiro atoms. The number of nitrogens with zero attached hydrogens (tertiary/aromatic N) is 4. The fraction of sp³-hybridized carbons (Fsp3) is 0.348. The predicted molar refractivity (Wildman–Crippen MR) is 113 cm³/mol. The number of benzene rings is 2. The fourth-order valence-corrected chi connectivity index (χ4v) is 3.42. The molecule has 4 aromatic rings. The molecule has 4 rings (SSSR count). The minimum Gasteiger partial charge on any atom is -0.385 e. The average molecular weight is 374 g/mol. The number of fused-ring (bicyclic) bond motifs is 2. The molecule has 0 bridgehead atoms. The minimum absolute atomic E-state index is 0.123. The first-order valence-corrected chi connectivity index (χ1v) is 9.70. The lowest BCUT2D eigenvalue weighted by Crippen LogP contribution is -2.10. The highest BCUT2D eigenvalue weighted by Gasteiger charge is 2.18. The molecule has 0 aliphatic heterocycles. The van der Waals surface area contributed by atoms with E-state index in [1.54, 1.807) is 7.11 Å². The Balaban J connectivity index is 1.85. The van der Waals surface area contributed by atoms with Crippen molar-refractivity contribution in [2.75, 3.05) is 13.7 Å². The van der Waals surface area contributed by atoms with Crippen molar-refractivity contribution in [3.05, 3.63) is 54.1 Å². The smallest absolute Gasteiger partial charge is 0.198 e. The minimum atomic E-state index is 0.123. The molecule has 0 N–H and O–H groups in total. The molecule has 0 amide bonds. The first kappa shape index (κ1) is 18.6. The molecule has 0 saturated carbocycles. The molecule has 0 unspecified atom stereocenters. The summed E-state index contributed by atoms with van der Waals surface area (Å²) in [5.41, 5.74) is 5.77. The van der Waals surface area contributed by atoms with Gasteiger partial charge >= 0.3 is 0 Å². The van der Waals surface area contributed by atoms with E-state index >= 15 is 0 Å². The van der Waals surface area contributed by atoms with Crippen LogP contribution in [0.15, 0.2) is 48.5 Å². The third-order valence-corrected chi connectivity index (χ3v) is 5.00. The lowest BCUT2D eigenvalue weighted by atomic mass is 9.87. The Morgan fingerprint density at radius 1 is 0.893 bits per heavy atom. The molecule has 2 aromatic carbocycles. The predicted octanol–water partition coefficient (Wildman–Crippen LogP) is 4.98. The van der Waals surface area contributed by atoms with Gasteiger partial charge in [-0.05, 0) is 29.5 Å². The number of ether oxygens (including phenoxy) is 1. The van der Waals surface area contributed by atoms with Crippen molar-refractivity contribution in [2.24, 2.45) is 0 Å². The molecule has 28 heavy (non-hydrogen) atoms. The van der Waals surface area contributed by atoms with Crippen molar-refractivity contribution in [1.82, 2.24) is 19.5 Å². The quantitative estimate of drug-likeness (QED) is 0.462. The lowest BCUT2D eigenvalue weighted by molar-refractivity contribution is 0.191. The highest BCUT2D eigenvalue weighted by atomic mass is 16.5. The van der Waals surface area contributed by atoms with Crippen LogP contribution in [0, 0.1) is 0 Å². The second-order valence-electron chi connectivity index (χ2n) is 8.12. The van der Waals surface area contributed by atoms with Gasteiger partial charge in [0.15, 0.2) is 11.3 Å². The van der Waals surface area contributed by atoms with Gasteiger partial charge in [0.1, 0.15) is 5.82 Å². The van der Waals surface area contributed by atoms with Crippen LogP contribution in [0.3, 0.4) is 0 Å². The highest BCUT2D eigenvalue weighted by Crippen LogP contribution is 2.28. The number of rotatable bonds is 5. The summed E-state index contributed by atoms with van der Waals surface area (Å²) >= 11 is 0. The number of aryl methyl sites for hydroxylation is 1. The standard InChI is InChI=1S/C23H26N4O/c1-23(2,3)17-12-10-16(11-13-17)21-26-20-22(27(21)14-7-15-28-4)25-19-9-6-5-8-18(19)24-20/h5-6,8-13H,7,14-15H2,1-4H3. The van der Waals surface area contributed by atoms with E-state index in [-0.39, 0.29) is 5.41 Å². The van der Waals surface area contributed by atoms with Gasteiger partial charge in [-0.25, -0.2) is 15.0 Å². The van der Waals surface area contributed by atoms with Gasteiger partial charge in [-0.1, -0.05) is 57.2 Å². The molecule has 5 heteroatoms. The maximum Gasteiger partial charge on any atom is 0.198 e. The first-order chi connectivity index (χ1) is 13.5. The lowest BCUT2D eigenvalue weighted by Gasteiger charge is -2.19. The molecule has 144 valence electrons. The van der Waals surface area contributed by atoms with Gasteiger partial charge in [0.05, 0.1) is 11.0 Å². The third-order valence-electron chi connectivity index (χ3n) is 5.00. The molecule has 2 aromatic heterocycles. The first-order valence-electron chi connectivity index (χ1n) is 9.70. The van der Waals surface area contributed by atoms with Crippen molar-refractivity contribution in [3.63, 3.8) is 0 Å². The van der Waals surface area contributed by atoms with E-state index in [4.69, 9.17) is 19.7 Å². The van der Waals surface area contributed by atoms with Gasteiger partial charge in [0.2, 0.25) is 0 Å². The van der Waals surface area contributed by atoms with Crippen LogP contribution in [0.1, 0.15) is 32.8 Å². The van der Waals surface area contributed by atoms with Crippen LogP contribution in [-0.2, 0) is 16.7 Å². The topological polar surface area (TPSA) is 52.8 Å². The van der Waals surface area contributed by atoms with Crippen LogP contribution in [0.2, 0.25) is 0 Å². The Hall–Kier alpha value is -2.79. The molecule has 0 radical (unpaired) electrons. The fourth-order valence-electron chi connectivity index (χ4n) is 3.42. The van der Waals surface area contributed by atoms with Crippen LogP contribution >= 0.6 is 0 Å². The van der Waals surface area contributed by atoms with Crippen molar-refractivity contribution < 1.29 is 4.74 Å². The number of para-hydroxylation sites is 2. The van der Waals surface area contributed by atoms with E-state index in [1.807, 2.05) is 24.3 Å². The highest BCUT2D eigenvalue weighted by molar-refractivity contribution is 5.84. The molecular formula is C23H26N4O. The van der Waals surface area contributed by atoms with Crippen LogP contribution < -0.4 is 0 Å². The van der Waals surface area contributed by atoms with Crippen molar-refractivity contribution in [1.29, 1.82) is 0 Å². The zero-order valence-electron chi connectivity index (χ0n) is 16.9. The summed E-state index contributed by atoms with van der Waals surface area (Å²) in [4.78, 5) is 14.5. The molecule has 0 fully saturated rings. The normalized spacial score (nSPS) is 12.1. The van der Waals surface area contributed by atoms with E-state index in [1.165, 1.54) is 5.56 Å². The zero-order chi connectivity index (χ0) is 19.7. The Morgan fingerprint density at radius 2 is 1.57 bits per heavy atom. The van der Waals surface area contributed by atoms with Gasteiger partial charge in [-0.2, -0.15) is 0 Å².